The summed E-state index contributed by atoms with van der Waals surface area (Å²) in [7, 11) is 0. The third-order valence-corrected chi connectivity index (χ3v) is 5.94. The highest BCUT2D eigenvalue weighted by atomic mass is 35.5. The maximum atomic E-state index is 12.3. The van der Waals surface area contributed by atoms with Crippen LogP contribution in [-0.2, 0) is 17.1 Å². The summed E-state index contributed by atoms with van der Waals surface area (Å²) in [4.78, 5) is 24.6. The molecule has 0 atom stereocenters. The van der Waals surface area contributed by atoms with E-state index in [0.29, 0.717) is 34.0 Å². The molecule has 3 rings (SSSR count). The van der Waals surface area contributed by atoms with Gasteiger partial charge in [-0.2, -0.15) is 0 Å². The Morgan fingerprint density at radius 2 is 1.80 bits per heavy atom. The van der Waals surface area contributed by atoms with Gasteiger partial charge >= 0.3 is 0 Å². The average Bonchev–Trinajstić information content (AvgIpc) is 3.13. The smallest absolute Gasteiger partial charge is 0.231 e. The van der Waals surface area contributed by atoms with Crippen molar-refractivity contribution in [3.63, 3.8) is 0 Å². The first-order valence-electron chi connectivity index (χ1n) is 9.67. The van der Waals surface area contributed by atoms with Crippen LogP contribution in [0.5, 0.6) is 0 Å². The maximum Gasteiger partial charge on any atom is 0.231 e. The van der Waals surface area contributed by atoms with Crippen molar-refractivity contribution < 1.29 is 9.59 Å². The zero-order chi connectivity index (χ0) is 21.5. The monoisotopic (exact) mass is 442 g/mol. The lowest BCUT2D eigenvalue weighted by atomic mass is 10.1. The number of rotatable bonds is 9. The fourth-order valence-corrected chi connectivity index (χ4v) is 4.12. The number of anilines is 1. The molecule has 0 aliphatic rings. The maximum absolute atomic E-state index is 12.3. The standard InChI is InChI=1S/C22H23ClN4O2S/c1-3-27-21(25-26-22(27)30-14-17-6-4-5-7-18(17)23)24-20(29)13-12-19(28)16-10-8-15(2)9-11-16/h4-11H,3,12-14H2,1-2H3,(H,24,25,29). The molecule has 8 heteroatoms. The van der Waals surface area contributed by atoms with Crippen LogP contribution in [0, 0.1) is 6.92 Å². The molecule has 0 saturated heterocycles. The van der Waals surface area contributed by atoms with Crippen molar-refractivity contribution in [3.05, 3.63) is 70.2 Å². The second kappa shape index (κ2) is 10.4. The molecule has 30 heavy (non-hydrogen) atoms. The van der Waals surface area contributed by atoms with Gasteiger partial charge < -0.3 is 0 Å². The van der Waals surface area contributed by atoms with Gasteiger partial charge in [0.1, 0.15) is 0 Å². The van der Waals surface area contributed by atoms with Crippen molar-refractivity contribution in [1.29, 1.82) is 0 Å². The van der Waals surface area contributed by atoms with Crippen LogP contribution >= 0.6 is 23.4 Å². The Bertz CT molecular complexity index is 1030. The first-order valence-corrected chi connectivity index (χ1v) is 11.0. The number of amides is 1. The molecule has 1 N–H and O–H groups in total. The zero-order valence-corrected chi connectivity index (χ0v) is 18.5. The van der Waals surface area contributed by atoms with Gasteiger partial charge in [-0.1, -0.05) is 71.4 Å². The minimum absolute atomic E-state index is 0.0573. The minimum atomic E-state index is -0.264. The molecule has 1 aromatic heterocycles. The summed E-state index contributed by atoms with van der Waals surface area (Å²) in [5, 5.41) is 12.5. The Morgan fingerprint density at radius 3 is 2.50 bits per heavy atom. The number of ketones is 1. The highest BCUT2D eigenvalue weighted by Crippen LogP contribution is 2.27. The number of aromatic nitrogens is 3. The molecule has 0 aliphatic heterocycles. The number of benzene rings is 2. The van der Waals surface area contributed by atoms with Gasteiger partial charge in [-0.3, -0.25) is 19.5 Å². The molecule has 2 aromatic carbocycles. The van der Waals surface area contributed by atoms with E-state index < -0.39 is 0 Å². The number of Topliss-reactive ketones (excluding diaryl/α,β-unsaturated/α-hetero) is 1. The predicted octanol–water partition coefficient (Wildman–Crippen LogP) is 5.15. The fourth-order valence-electron chi connectivity index (χ4n) is 2.83. The number of nitrogens with one attached hydrogen (secondary N) is 1. The van der Waals surface area contributed by atoms with Crippen LogP contribution in [0.3, 0.4) is 0 Å². The summed E-state index contributed by atoms with van der Waals surface area (Å²) in [6.45, 7) is 4.53. The van der Waals surface area contributed by atoms with Crippen LogP contribution in [0.2, 0.25) is 5.02 Å². The first kappa shape index (κ1) is 22.1. The molecule has 6 nitrogen and oxygen atoms in total. The lowest BCUT2D eigenvalue weighted by Gasteiger charge is -2.09. The van der Waals surface area contributed by atoms with Crippen molar-refractivity contribution in [2.75, 3.05) is 5.32 Å². The van der Waals surface area contributed by atoms with E-state index in [9.17, 15) is 9.59 Å². The van der Waals surface area contributed by atoms with E-state index in [1.54, 1.807) is 12.1 Å². The highest BCUT2D eigenvalue weighted by Gasteiger charge is 2.16. The van der Waals surface area contributed by atoms with Crippen molar-refractivity contribution >= 4 is 41.0 Å². The molecule has 0 radical (unpaired) electrons. The molecule has 0 unspecified atom stereocenters. The molecule has 3 aromatic rings. The van der Waals surface area contributed by atoms with Gasteiger partial charge in [-0.05, 0) is 25.5 Å². The lowest BCUT2D eigenvalue weighted by Crippen LogP contribution is -2.17. The highest BCUT2D eigenvalue weighted by molar-refractivity contribution is 7.98. The van der Waals surface area contributed by atoms with Crippen LogP contribution in [0.1, 0.15) is 41.3 Å². The number of hydrogen-bond acceptors (Lipinski definition) is 5. The van der Waals surface area contributed by atoms with Crippen molar-refractivity contribution in [2.45, 2.75) is 44.1 Å². The summed E-state index contributed by atoms with van der Waals surface area (Å²) in [6.07, 6.45) is 0.231. The van der Waals surface area contributed by atoms with Crippen LogP contribution in [0.4, 0.5) is 5.95 Å². The van der Waals surface area contributed by atoms with E-state index in [-0.39, 0.29) is 24.5 Å². The largest absolute Gasteiger partial charge is 0.295 e. The van der Waals surface area contributed by atoms with Crippen molar-refractivity contribution in [3.8, 4) is 0 Å². The Labute approximate surface area is 185 Å². The van der Waals surface area contributed by atoms with E-state index >= 15 is 0 Å². The van der Waals surface area contributed by atoms with Crippen LogP contribution in [0.15, 0.2) is 53.7 Å². The van der Waals surface area contributed by atoms with Gasteiger partial charge in [0.15, 0.2) is 10.9 Å². The molecule has 1 heterocycles. The molecule has 156 valence electrons. The van der Waals surface area contributed by atoms with E-state index in [2.05, 4.69) is 15.5 Å². The average molecular weight is 443 g/mol. The Balaban J connectivity index is 1.57. The predicted molar refractivity (Wildman–Crippen MR) is 120 cm³/mol. The van der Waals surface area contributed by atoms with Crippen LogP contribution < -0.4 is 5.32 Å². The summed E-state index contributed by atoms with van der Waals surface area (Å²) in [5.41, 5.74) is 2.71. The zero-order valence-electron chi connectivity index (χ0n) is 16.9. The summed E-state index contributed by atoms with van der Waals surface area (Å²) >= 11 is 7.71. The van der Waals surface area contributed by atoms with E-state index in [1.165, 1.54) is 11.8 Å². The van der Waals surface area contributed by atoms with Crippen molar-refractivity contribution in [1.82, 2.24) is 14.8 Å². The van der Waals surface area contributed by atoms with Crippen molar-refractivity contribution in [2.24, 2.45) is 0 Å². The molecule has 0 bridgehead atoms. The molecule has 1 amide bonds. The number of aryl methyl sites for hydroxylation is 1. The topological polar surface area (TPSA) is 76.9 Å². The normalized spacial score (nSPS) is 10.8. The third-order valence-electron chi connectivity index (χ3n) is 4.55. The first-order chi connectivity index (χ1) is 14.5. The Morgan fingerprint density at radius 1 is 1.07 bits per heavy atom. The van der Waals surface area contributed by atoms with Gasteiger partial charge in [0.2, 0.25) is 11.9 Å². The van der Waals surface area contributed by atoms with E-state index in [4.69, 9.17) is 11.6 Å². The number of carbonyl (C=O) groups is 2. The molecule has 0 aliphatic carbocycles. The summed E-state index contributed by atoms with van der Waals surface area (Å²) in [5.74, 6) is 0.710. The van der Waals surface area contributed by atoms with Gasteiger partial charge in [0.25, 0.3) is 0 Å². The third kappa shape index (κ3) is 5.70. The molecule has 0 saturated carbocycles. The number of halogens is 1. The van der Waals surface area contributed by atoms with Gasteiger partial charge in [0.05, 0.1) is 0 Å². The number of thioether (sulfide) groups is 1. The fraction of sp³-hybridized carbons (Fsp3) is 0.273. The lowest BCUT2D eigenvalue weighted by molar-refractivity contribution is -0.116. The van der Waals surface area contributed by atoms with E-state index in [0.717, 1.165) is 11.1 Å². The number of carbonyl (C=O) groups excluding carboxylic acids is 2. The second-order valence-corrected chi connectivity index (χ2v) is 8.12. The Hall–Kier alpha value is -2.64. The minimum Gasteiger partial charge on any atom is -0.295 e. The number of hydrogen-bond donors (Lipinski definition) is 1. The van der Waals surface area contributed by atoms with Gasteiger partial charge in [-0.15, -0.1) is 10.2 Å². The van der Waals surface area contributed by atoms with Crippen LogP contribution in [0.25, 0.3) is 0 Å². The Kier molecular flexibility index (Phi) is 7.65. The van der Waals surface area contributed by atoms with Gasteiger partial charge in [0, 0.05) is 35.7 Å². The summed E-state index contributed by atoms with van der Waals surface area (Å²) in [6, 6.07) is 15.0. The summed E-state index contributed by atoms with van der Waals surface area (Å²) < 4.78 is 1.83. The molecular formula is C22H23ClN4O2S. The molecular weight excluding hydrogens is 420 g/mol. The number of nitrogens with zero attached hydrogens (tertiary/aromatic N) is 3. The quantitative estimate of drug-likeness (QED) is 0.366. The van der Waals surface area contributed by atoms with Crippen LogP contribution in [-0.4, -0.2) is 26.5 Å². The van der Waals surface area contributed by atoms with E-state index in [1.807, 2.05) is 54.8 Å². The SMILES string of the molecule is CCn1c(NC(=O)CCC(=O)c2ccc(C)cc2)nnc1SCc1ccccc1Cl. The van der Waals surface area contributed by atoms with Gasteiger partial charge in [-0.25, -0.2) is 0 Å². The second-order valence-electron chi connectivity index (χ2n) is 6.77. The molecule has 0 fully saturated rings. The molecule has 0 spiro atoms.